The number of methoxy groups -OCH3 is 1. The zero-order valence-electron chi connectivity index (χ0n) is 15.7. The van der Waals surface area contributed by atoms with Gasteiger partial charge in [-0.15, -0.1) is 5.10 Å². The maximum absolute atomic E-state index is 12.5. The molecule has 12 heteroatoms. The fourth-order valence-corrected chi connectivity index (χ4v) is 3.75. The molecule has 1 saturated carbocycles. The summed E-state index contributed by atoms with van der Waals surface area (Å²) in [5, 5.41) is 14.9. The van der Waals surface area contributed by atoms with Crippen LogP contribution in [0.3, 0.4) is 0 Å². The molecule has 1 aromatic rings. The fourth-order valence-electron chi connectivity index (χ4n) is 3.23. The number of carbonyl (C=O) groups is 1. The number of tetrazole rings is 1. The van der Waals surface area contributed by atoms with Gasteiger partial charge < -0.3 is 10.1 Å². The molecule has 1 aromatic heterocycles. The van der Waals surface area contributed by atoms with Gasteiger partial charge in [0, 0.05) is 18.7 Å². The van der Waals surface area contributed by atoms with E-state index in [-0.39, 0.29) is 24.9 Å². The Kier molecular flexibility index (Phi) is 6.30. The smallest absolute Gasteiger partial charge is 0.469 e. The Balaban J connectivity index is 2.16. The minimum absolute atomic E-state index is 0.00295. The number of rotatable bonds is 7. The average molecular weight is 411 g/mol. The van der Waals surface area contributed by atoms with Crippen LogP contribution in [0.15, 0.2) is 0 Å². The molecule has 1 unspecified atom stereocenters. The lowest BCUT2D eigenvalue weighted by molar-refractivity contribution is -0.143. The first-order valence-corrected chi connectivity index (χ1v) is 9.77. The average Bonchev–Trinajstić information content (AvgIpc) is 3.00. The van der Waals surface area contributed by atoms with E-state index in [1.807, 2.05) is 20.8 Å². The van der Waals surface area contributed by atoms with Crippen molar-refractivity contribution in [1.82, 2.24) is 25.5 Å². The van der Waals surface area contributed by atoms with Crippen LogP contribution in [0.1, 0.15) is 45.9 Å². The first-order valence-electron chi connectivity index (χ1n) is 8.45. The van der Waals surface area contributed by atoms with Crippen LogP contribution < -0.4 is 5.32 Å². The van der Waals surface area contributed by atoms with E-state index in [4.69, 9.17) is 0 Å². The van der Waals surface area contributed by atoms with Crippen molar-refractivity contribution in [3.05, 3.63) is 5.82 Å². The summed E-state index contributed by atoms with van der Waals surface area (Å²) in [5.74, 6) is -0.413. The third-order valence-corrected chi connectivity index (χ3v) is 5.59. The van der Waals surface area contributed by atoms with Gasteiger partial charge in [-0.05, 0) is 50.0 Å². The monoisotopic (exact) mass is 411 g/mol. The van der Waals surface area contributed by atoms with E-state index < -0.39 is 33.1 Å². The maximum Gasteiger partial charge on any atom is 0.471 e. The van der Waals surface area contributed by atoms with Crippen molar-refractivity contribution in [2.75, 3.05) is 19.4 Å². The van der Waals surface area contributed by atoms with E-state index in [0.717, 1.165) is 0 Å². The molecule has 1 atom stereocenters. The van der Waals surface area contributed by atoms with E-state index in [0.29, 0.717) is 18.7 Å². The molecule has 0 saturated heterocycles. The quantitative estimate of drug-likeness (QED) is 0.678. The minimum Gasteiger partial charge on any atom is -0.469 e. The van der Waals surface area contributed by atoms with E-state index in [1.165, 1.54) is 7.11 Å². The molecule has 0 bridgehead atoms. The summed E-state index contributed by atoms with van der Waals surface area (Å²) in [6, 6.07) is 0. The highest BCUT2D eigenvalue weighted by atomic mass is 32.2. The van der Waals surface area contributed by atoms with Gasteiger partial charge in [-0.25, -0.2) is 4.68 Å². The Morgan fingerprint density at radius 2 is 2.00 bits per heavy atom. The number of aromatic nitrogens is 4. The van der Waals surface area contributed by atoms with Crippen LogP contribution in [0.2, 0.25) is 0 Å². The molecule has 0 spiro atoms. The molecular formula is C15H24F3N5O3S. The predicted octanol–water partition coefficient (Wildman–Crippen LogP) is 1.45. The standard InChI is InChI=1S/C15H24F3N5O3S/c1-13(2,3)23-12(20-21-22-23)14(8-10(9-14)7-11(24)26-4)19-5-6-27(25)15(16,17)18/h10,19H,5-9H2,1-4H3. The molecule has 1 aliphatic carbocycles. The number of esters is 1. The van der Waals surface area contributed by atoms with Gasteiger partial charge in [0.15, 0.2) is 5.82 Å². The lowest BCUT2D eigenvalue weighted by atomic mass is 9.66. The molecule has 8 nitrogen and oxygen atoms in total. The molecule has 2 rings (SSSR count). The van der Waals surface area contributed by atoms with Crippen molar-refractivity contribution in [2.24, 2.45) is 5.92 Å². The zero-order chi connectivity index (χ0) is 20.5. The lowest BCUT2D eigenvalue weighted by Gasteiger charge is -2.47. The molecule has 154 valence electrons. The van der Waals surface area contributed by atoms with Crippen LogP contribution in [-0.4, -0.2) is 55.3 Å². The van der Waals surface area contributed by atoms with Gasteiger partial charge in [-0.1, -0.05) is 0 Å². The van der Waals surface area contributed by atoms with Crippen LogP contribution in [0.4, 0.5) is 13.2 Å². The second kappa shape index (κ2) is 7.82. The number of hydrogen-bond acceptors (Lipinski definition) is 7. The number of alkyl halides is 3. The van der Waals surface area contributed by atoms with Crippen LogP contribution in [-0.2, 0) is 31.4 Å². The molecule has 27 heavy (non-hydrogen) atoms. The van der Waals surface area contributed by atoms with Gasteiger partial charge in [0.1, 0.15) is 10.8 Å². The van der Waals surface area contributed by atoms with Crippen LogP contribution in [0.25, 0.3) is 0 Å². The van der Waals surface area contributed by atoms with Gasteiger partial charge in [0.05, 0.1) is 18.2 Å². The van der Waals surface area contributed by atoms with E-state index in [2.05, 4.69) is 25.6 Å². The first kappa shape index (κ1) is 21.7. The second-order valence-corrected chi connectivity index (χ2v) is 9.21. The lowest BCUT2D eigenvalue weighted by Crippen LogP contribution is -2.56. The Labute approximate surface area is 157 Å². The summed E-state index contributed by atoms with van der Waals surface area (Å²) >= 11 is 0. The van der Waals surface area contributed by atoms with Crippen molar-refractivity contribution in [1.29, 1.82) is 0 Å². The summed E-state index contributed by atoms with van der Waals surface area (Å²) in [5.41, 5.74) is -5.95. The summed E-state index contributed by atoms with van der Waals surface area (Å²) in [7, 11) is -1.63. The van der Waals surface area contributed by atoms with Crippen molar-refractivity contribution in [3.63, 3.8) is 0 Å². The van der Waals surface area contributed by atoms with Gasteiger partial charge in [0.25, 0.3) is 0 Å². The Morgan fingerprint density at radius 3 is 2.52 bits per heavy atom. The molecule has 1 N–H and O–H groups in total. The number of nitrogens with zero attached hydrogens (tertiary/aromatic N) is 4. The molecule has 0 amide bonds. The van der Waals surface area contributed by atoms with Crippen LogP contribution in [0, 0.1) is 5.92 Å². The molecule has 0 aliphatic heterocycles. The maximum atomic E-state index is 12.5. The Morgan fingerprint density at radius 1 is 1.37 bits per heavy atom. The number of nitrogens with one attached hydrogen (secondary N) is 1. The number of hydrogen-bond donors (Lipinski definition) is 1. The number of carbonyl (C=O) groups excluding carboxylic acids is 1. The van der Waals surface area contributed by atoms with Crippen LogP contribution in [0.5, 0.6) is 0 Å². The minimum atomic E-state index is -4.74. The highest BCUT2D eigenvalue weighted by Gasteiger charge is 2.50. The van der Waals surface area contributed by atoms with E-state index in [1.54, 1.807) is 4.68 Å². The van der Waals surface area contributed by atoms with Crippen molar-refractivity contribution in [3.8, 4) is 0 Å². The molecule has 1 aliphatic rings. The first-order chi connectivity index (χ1) is 12.4. The second-order valence-electron chi connectivity index (χ2n) is 7.64. The normalized spacial score (nSPS) is 24.3. The SMILES string of the molecule is COC(=O)CC1CC(NCCS(=O)C(F)(F)F)(c2nnnn2C(C)(C)C)C1. The van der Waals surface area contributed by atoms with Crippen molar-refractivity contribution >= 4 is 16.8 Å². The fraction of sp³-hybridized carbons (Fsp3) is 0.867. The predicted molar refractivity (Wildman–Crippen MR) is 90.9 cm³/mol. The molecule has 1 fully saturated rings. The van der Waals surface area contributed by atoms with E-state index in [9.17, 15) is 22.2 Å². The molecule has 1 heterocycles. The molecule has 0 radical (unpaired) electrons. The summed E-state index contributed by atoms with van der Waals surface area (Å²) in [6.07, 6.45) is 1.15. The number of halogens is 3. The van der Waals surface area contributed by atoms with Crippen molar-refractivity contribution < 1.29 is 26.9 Å². The van der Waals surface area contributed by atoms with Crippen molar-refractivity contribution in [2.45, 2.75) is 56.6 Å². The summed E-state index contributed by atoms with van der Waals surface area (Å²) in [6.45, 7) is 5.60. The largest absolute Gasteiger partial charge is 0.471 e. The topological polar surface area (TPSA) is 99.0 Å². The van der Waals surface area contributed by atoms with E-state index >= 15 is 0 Å². The zero-order valence-corrected chi connectivity index (χ0v) is 16.5. The van der Waals surface area contributed by atoms with Gasteiger partial charge in [0.2, 0.25) is 0 Å². The van der Waals surface area contributed by atoms with Gasteiger partial charge in [-0.3, -0.25) is 9.00 Å². The summed E-state index contributed by atoms with van der Waals surface area (Å²) < 4.78 is 55.0. The third kappa shape index (κ3) is 5.03. The third-order valence-electron chi connectivity index (χ3n) is 4.50. The Bertz CT molecular complexity index is 696. The highest BCUT2D eigenvalue weighted by molar-refractivity contribution is 7.85. The molecular weight excluding hydrogens is 387 g/mol. The van der Waals surface area contributed by atoms with Crippen LogP contribution >= 0.6 is 0 Å². The summed E-state index contributed by atoms with van der Waals surface area (Å²) in [4.78, 5) is 11.5. The molecule has 0 aromatic carbocycles. The Hall–Kier alpha value is -1.56. The number of ether oxygens (including phenoxy) is 1. The van der Waals surface area contributed by atoms with Gasteiger partial charge in [-0.2, -0.15) is 13.2 Å². The van der Waals surface area contributed by atoms with Gasteiger partial charge >= 0.3 is 11.5 Å². The highest BCUT2D eigenvalue weighted by Crippen LogP contribution is 2.47.